The number of rotatable bonds is 4. The molecule has 4 fully saturated rings. The first kappa shape index (κ1) is 15.9. The van der Waals surface area contributed by atoms with E-state index in [9.17, 15) is 14.4 Å². The average Bonchev–Trinajstić information content (AvgIpc) is 3.24. The summed E-state index contributed by atoms with van der Waals surface area (Å²) in [4.78, 5) is 36.6. The van der Waals surface area contributed by atoms with E-state index in [1.54, 1.807) is 0 Å². The van der Waals surface area contributed by atoms with Crippen LogP contribution in [0.15, 0.2) is 0 Å². The highest BCUT2D eigenvalue weighted by molar-refractivity contribution is 5.86. The molecule has 132 valence electrons. The van der Waals surface area contributed by atoms with Gasteiger partial charge in [-0.05, 0) is 38.5 Å². The first-order valence-corrected chi connectivity index (χ1v) is 9.06. The van der Waals surface area contributed by atoms with Gasteiger partial charge in [0.25, 0.3) is 0 Å². The summed E-state index contributed by atoms with van der Waals surface area (Å²) in [5.41, 5.74) is -0.377. The highest BCUT2D eigenvalue weighted by Gasteiger charge is 2.70. The Balaban J connectivity index is 1.57. The first-order valence-electron chi connectivity index (χ1n) is 9.06. The van der Waals surface area contributed by atoms with E-state index >= 15 is 0 Å². The Morgan fingerprint density at radius 2 is 1.96 bits per heavy atom. The Morgan fingerprint density at radius 1 is 1.25 bits per heavy atom. The Kier molecular flexibility index (Phi) is 3.62. The fraction of sp³-hybridized carbons (Fsp3) is 0.833. The summed E-state index contributed by atoms with van der Waals surface area (Å²) >= 11 is 0. The summed E-state index contributed by atoms with van der Waals surface area (Å²) in [5, 5.41) is 0. The van der Waals surface area contributed by atoms with Gasteiger partial charge in [-0.3, -0.25) is 14.4 Å². The van der Waals surface area contributed by atoms with Crippen molar-refractivity contribution in [2.24, 2.45) is 23.7 Å². The van der Waals surface area contributed by atoms with Crippen LogP contribution in [-0.2, 0) is 28.6 Å². The highest BCUT2D eigenvalue weighted by Crippen LogP contribution is 2.59. The molecular formula is C18H24O6. The van der Waals surface area contributed by atoms with E-state index in [-0.39, 0.29) is 35.5 Å². The van der Waals surface area contributed by atoms with E-state index in [4.69, 9.17) is 14.2 Å². The third kappa shape index (κ3) is 2.18. The quantitative estimate of drug-likeness (QED) is 0.577. The maximum Gasteiger partial charge on any atom is 0.310 e. The number of esters is 3. The normalized spacial score (nSPS) is 41.3. The van der Waals surface area contributed by atoms with Gasteiger partial charge in [-0.1, -0.05) is 6.92 Å². The van der Waals surface area contributed by atoms with Crippen molar-refractivity contribution in [2.75, 3.05) is 0 Å². The number of hydrogen-bond acceptors (Lipinski definition) is 6. The van der Waals surface area contributed by atoms with Gasteiger partial charge in [-0.25, -0.2) is 0 Å². The molecule has 0 N–H and O–H groups in total. The Morgan fingerprint density at radius 3 is 2.58 bits per heavy atom. The molecular weight excluding hydrogens is 312 g/mol. The van der Waals surface area contributed by atoms with Gasteiger partial charge >= 0.3 is 17.9 Å². The molecule has 2 bridgehead atoms. The van der Waals surface area contributed by atoms with Crippen LogP contribution in [0.4, 0.5) is 0 Å². The van der Waals surface area contributed by atoms with Crippen molar-refractivity contribution >= 4 is 17.9 Å². The monoisotopic (exact) mass is 336 g/mol. The van der Waals surface area contributed by atoms with Crippen molar-refractivity contribution in [2.45, 2.75) is 70.2 Å². The van der Waals surface area contributed by atoms with Gasteiger partial charge in [0, 0.05) is 18.8 Å². The predicted molar refractivity (Wildman–Crippen MR) is 81.6 cm³/mol. The van der Waals surface area contributed by atoms with Gasteiger partial charge in [-0.2, -0.15) is 0 Å². The fourth-order valence-electron chi connectivity index (χ4n) is 5.49. The number of carbonyl (C=O) groups excluding carboxylic acids is 3. The number of hydrogen-bond donors (Lipinski definition) is 0. The van der Waals surface area contributed by atoms with E-state index in [1.807, 2.05) is 6.92 Å². The van der Waals surface area contributed by atoms with Crippen molar-refractivity contribution in [1.29, 1.82) is 0 Å². The molecule has 0 radical (unpaired) electrons. The topological polar surface area (TPSA) is 78.9 Å². The van der Waals surface area contributed by atoms with Crippen molar-refractivity contribution in [3.8, 4) is 0 Å². The zero-order chi connectivity index (χ0) is 17.1. The molecule has 0 amide bonds. The molecule has 0 aromatic carbocycles. The summed E-state index contributed by atoms with van der Waals surface area (Å²) < 4.78 is 16.8. The third-order valence-electron chi connectivity index (χ3n) is 6.60. The van der Waals surface area contributed by atoms with Gasteiger partial charge in [0.05, 0.1) is 11.8 Å². The minimum Gasteiger partial charge on any atom is -0.459 e. The molecule has 1 heterocycles. The summed E-state index contributed by atoms with van der Waals surface area (Å²) in [5.74, 6) is -2.18. The molecule has 0 aromatic heterocycles. The summed E-state index contributed by atoms with van der Waals surface area (Å²) in [7, 11) is 0. The minimum atomic E-state index is -0.533. The summed E-state index contributed by atoms with van der Waals surface area (Å²) in [6.07, 6.45) is 4.52. The van der Waals surface area contributed by atoms with E-state index in [2.05, 4.69) is 0 Å². The Bertz CT molecular complexity index is 578. The highest BCUT2D eigenvalue weighted by atomic mass is 16.6. The lowest BCUT2D eigenvalue weighted by Gasteiger charge is -2.34. The number of carbonyl (C=O) groups is 3. The molecule has 0 spiro atoms. The second-order valence-corrected chi connectivity index (χ2v) is 7.76. The van der Waals surface area contributed by atoms with Crippen LogP contribution in [0.2, 0.25) is 0 Å². The second kappa shape index (κ2) is 5.46. The van der Waals surface area contributed by atoms with Crippen molar-refractivity contribution in [1.82, 2.24) is 0 Å². The molecule has 3 aliphatic carbocycles. The van der Waals surface area contributed by atoms with Gasteiger partial charge in [0.1, 0.15) is 17.8 Å². The lowest BCUT2D eigenvalue weighted by Crippen LogP contribution is -2.45. The van der Waals surface area contributed by atoms with Gasteiger partial charge in [-0.15, -0.1) is 0 Å². The van der Waals surface area contributed by atoms with Crippen molar-refractivity contribution < 1.29 is 28.6 Å². The van der Waals surface area contributed by atoms with E-state index in [0.717, 1.165) is 32.1 Å². The maximum absolute atomic E-state index is 12.9. The molecule has 0 aromatic rings. The Labute approximate surface area is 141 Å². The molecule has 1 saturated heterocycles. The fourth-order valence-corrected chi connectivity index (χ4v) is 5.49. The van der Waals surface area contributed by atoms with Gasteiger partial charge in [0.2, 0.25) is 0 Å². The largest absolute Gasteiger partial charge is 0.459 e. The van der Waals surface area contributed by atoms with Crippen molar-refractivity contribution in [3.63, 3.8) is 0 Å². The van der Waals surface area contributed by atoms with E-state index in [1.165, 1.54) is 6.92 Å². The summed E-state index contributed by atoms with van der Waals surface area (Å²) in [6.45, 7) is 3.39. The zero-order valence-corrected chi connectivity index (χ0v) is 14.2. The van der Waals surface area contributed by atoms with Crippen LogP contribution in [0.5, 0.6) is 0 Å². The van der Waals surface area contributed by atoms with Crippen LogP contribution in [0.3, 0.4) is 0 Å². The van der Waals surface area contributed by atoms with E-state index < -0.39 is 23.9 Å². The third-order valence-corrected chi connectivity index (χ3v) is 6.60. The SMILES string of the molecule is CCC1(OC(=O)C2C3CC4C(OC(=O)C42)C3OC(C)=O)CCCC1. The van der Waals surface area contributed by atoms with Crippen LogP contribution in [-0.4, -0.2) is 35.7 Å². The smallest absolute Gasteiger partial charge is 0.310 e. The number of ether oxygens (including phenoxy) is 3. The van der Waals surface area contributed by atoms with E-state index in [0.29, 0.717) is 6.42 Å². The van der Waals surface area contributed by atoms with Crippen LogP contribution in [0.25, 0.3) is 0 Å². The minimum absolute atomic E-state index is 0.0226. The van der Waals surface area contributed by atoms with Crippen LogP contribution < -0.4 is 0 Å². The predicted octanol–water partition coefficient (Wildman–Crippen LogP) is 1.99. The molecule has 1 aliphatic heterocycles. The molecule has 6 unspecified atom stereocenters. The standard InChI is InChI=1S/C18H24O6/c1-3-18(6-4-5-7-18)24-17(21)13-11-8-10-12(13)16(20)23-15(10)14(11)22-9(2)19/h10-15H,3-8H2,1-2H3. The van der Waals surface area contributed by atoms with Gasteiger partial charge < -0.3 is 14.2 Å². The molecule has 4 rings (SSSR count). The van der Waals surface area contributed by atoms with Gasteiger partial charge in [0.15, 0.2) is 0 Å². The Hall–Kier alpha value is -1.59. The molecule has 6 heteroatoms. The van der Waals surface area contributed by atoms with Crippen LogP contribution in [0.1, 0.15) is 52.4 Å². The molecule has 24 heavy (non-hydrogen) atoms. The lowest BCUT2D eigenvalue weighted by atomic mass is 9.78. The van der Waals surface area contributed by atoms with Crippen LogP contribution >= 0.6 is 0 Å². The first-order chi connectivity index (χ1) is 11.5. The van der Waals surface area contributed by atoms with Crippen molar-refractivity contribution in [3.05, 3.63) is 0 Å². The summed E-state index contributed by atoms with van der Waals surface area (Å²) in [6, 6.07) is 0. The second-order valence-electron chi connectivity index (χ2n) is 7.76. The maximum atomic E-state index is 12.9. The molecule has 6 nitrogen and oxygen atoms in total. The molecule has 4 aliphatic rings. The number of fused-ring (bicyclic) bond motifs is 1. The average molecular weight is 336 g/mol. The molecule has 6 atom stereocenters. The van der Waals surface area contributed by atoms with Crippen LogP contribution in [0, 0.1) is 23.7 Å². The molecule has 3 saturated carbocycles. The zero-order valence-electron chi connectivity index (χ0n) is 14.2. The lowest BCUT2D eigenvalue weighted by molar-refractivity contribution is -0.174.